The lowest BCUT2D eigenvalue weighted by atomic mass is 9.95. The quantitative estimate of drug-likeness (QED) is 0.466. The van der Waals surface area contributed by atoms with E-state index in [4.69, 9.17) is 0 Å². The van der Waals surface area contributed by atoms with Crippen LogP contribution in [-0.4, -0.2) is 16.2 Å². The van der Waals surface area contributed by atoms with E-state index in [1.807, 2.05) is 25.1 Å². The van der Waals surface area contributed by atoms with Crippen LogP contribution in [0.4, 0.5) is 5.69 Å². The molecule has 1 aliphatic heterocycles. The molecule has 0 fully saturated rings. The summed E-state index contributed by atoms with van der Waals surface area (Å²) in [6.07, 6.45) is 6.13. The van der Waals surface area contributed by atoms with Gasteiger partial charge < -0.3 is 0 Å². The van der Waals surface area contributed by atoms with Crippen LogP contribution in [0.1, 0.15) is 18.4 Å². The maximum absolute atomic E-state index is 10.7. The molecule has 1 aliphatic rings. The van der Waals surface area contributed by atoms with E-state index in [-0.39, 0.29) is 11.6 Å². The second kappa shape index (κ2) is 4.83. The maximum atomic E-state index is 10.7. The first-order valence-electron chi connectivity index (χ1n) is 5.46. The van der Waals surface area contributed by atoms with Gasteiger partial charge in [-0.2, -0.15) is 0 Å². The topological polar surface area (TPSA) is 63.5 Å². The van der Waals surface area contributed by atoms with Gasteiger partial charge in [0, 0.05) is 29.9 Å². The number of nitrogens with zero attached hydrogens (tertiary/aromatic N) is 2. The van der Waals surface area contributed by atoms with Gasteiger partial charge in [-0.3, -0.25) is 19.8 Å². The Morgan fingerprint density at radius 1 is 1.44 bits per heavy atom. The molecule has 0 aromatic heterocycles. The summed E-state index contributed by atoms with van der Waals surface area (Å²) in [6, 6.07) is 6.51. The minimum Gasteiger partial charge on any atom is -0.295 e. The second-order valence-corrected chi connectivity index (χ2v) is 4.04. The number of carbonyl (C=O) groups excluding carboxylic acids is 1. The Hall–Kier alpha value is -2.43. The van der Waals surface area contributed by atoms with Gasteiger partial charge in [0.15, 0.2) is 0 Å². The van der Waals surface area contributed by atoms with Crippen molar-refractivity contribution in [3.63, 3.8) is 0 Å². The highest BCUT2D eigenvalue weighted by atomic mass is 16.6. The lowest BCUT2D eigenvalue weighted by Gasteiger charge is -2.21. The number of nitro groups is 1. The molecule has 18 heavy (non-hydrogen) atoms. The standard InChI is InChI=1S/C13H12N2O3/c1-10-7-12(5-6-14(10)9-16)11-3-2-4-13(8-11)15(17)18/h2-9,12H,1H3. The summed E-state index contributed by atoms with van der Waals surface area (Å²) < 4.78 is 0. The van der Waals surface area contributed by atoms with Crippen molar-refractivity contribution in [1.82, 2.24) is 4.90 Å². The molecule has 1 unspecified atom stereocenters. The molecule has 0 spiro atoms. The van der Waals surface area contributed by atoms with Crippen LogP contribution in [0, 0.1) is 10.1 Å². The minimum absolute atomic E-state index is 0.0406. The van der Waals surface area contributed by atoms with Crippen LogP contribution in [0.25, 0.3) is 0 Å². The van der Waals surface area contributed by atoms with Gasteiger partial charge in [-0.1, -0.05) is 24.3 Å². The van der Waals surface area contributed by atoms with Crippen molar-refractivity contribution in [3.8, 4) is 0 Å². The summed E-state index contributed by atoms with van der Waals surface area (Å²) in [6.45, 7) is 1.82. The van der Waals surface area contributed by atoms with E-state index in [2.05, 4.69) is 0 Å². The highest BCUT2D eigenvalue weighted by Gasteiger charge is 2.15. The molecule has 1 aromatic carbocycles. The zero-order chi connectivity index (χ0) is 13.1. The van der Waals surface area contributed by atoms with Crippen molar-refractivity contribution >= 4 is 12.1 Å². The Labute approximate surface area is 104 Å². The summed E-state index contributed by atoms with van der Waals surface area (Å²) in [5.74, 6) is -0.0406. The maximum Gasteiger partial charge on any atom is 0.269 e. The van der Waals surface area contributed by atoms with Gasteiger partial charge in [-0.25, -0.2) is 0 Å². The largest absolute Gasteiger partial charge is 0.295 e. The van der Waals surface area contributed by atoms with Crippen LogP contribution in [0.15, 0.2) is 48.3 Å². The van der Waals surface area contributed by atoms with Crippen molar-refractivity contribution in [1.29, 1.82) is 0 Å². The molecule has 2 rings (SSSR count). The number of rotatable bonds is 3. The van der Waals surface area contributed by atoms with Gasteiger partial charge >= 0.3 is 0 Å². The predicted molar refractivity (Wildman–Crippen MR) is 66.6 cm³/mol. The van der Waals surface area contributed by atoms with Crippen LogP contribution < -0.4 is 0 Å². The molecule has 0 saturated carbocycles. The van der Waals surface area contributed by atoms with E-state index >= 15 is 0 Å². The van der Waals surface area contributed by atoms with Crippen molar-refractivity contribution in [3.05, 3.63) is 64.0 Å². The SMILES string of the molecule is CC1=CC(c2cccc([N+](=O)[O-])c2)C=CN1C=O. The average molecular weight is 244 g/mol. The molecule has 5 nitrogen and oxygen atoms in total. The smallest absolute Gasteiger partial charge is 0.269 e. The number of nitro benzene ring substituents is 1. The Bertz CT molecular complexity index is 549. The fourth-order valence-electron chi connectivity index (χ4n) is 1.88. The van der Waals surface area contributed by atoms with E-state index in [9.17, 15) is 14.9 Å². The molecule has 1 atom stereocenters. The normalized spacial score (nSPS) is 18.4. The highest BCUT2D eigenvalue weighted by Crippen LogP contribution is 2.27. The van der Waals surface area contributed by atoms with E-state index in [0.717, 1.165) is 17.7 Å². The fraction of sp³-hybridized carbons (Fsp3) is 0.154. The number of hydrogen-bond donors (Lipinski definition) is 0. The molecule has 0 radical (unpaired) electrons. The molecule has 5 heteroatoms. The third-order valence-corrected chi connectivity index (χ3v) is 2.86. The second-order valence-electron chi connectivity index (χ2n) is 4.04. The van der Waals surface area contributed by atoms with Gasteiger partial charge in [0.2, 0.25) is 6.41 Å². The lowest BCUT2D eigenvalue weighted by molar-refractivity contribution is -0.384. The Morgan fingerprint density at radius 2 is 2.22 bits per heavy atom. The van der Waals surface area contributed by atoms with E-state index in [1.54, 1.807) is 18.3 Å². The molecule has 1 aromatic rings. The van der Waals surface area contributed by atoms with Gasteiger partial charge in [0.25, 0.3) is 5.69 Å². The third kappa shape index (κ3) is 2.29. The Balaban J connectivity index is 2.31. The summed E-state index contributed by atoms with van der Waals surface area (Å²) in [4.78, 5) is 22.5. The lowest BCUT2D eigenvalue weighted by Crippen LogP contribution is -2.16. The zero-order valence-electron chi connectivity index (χ0n) is 9.82. The van der Waals surface area contributed by atoms with Crippen LogP contribution in [0.2, 0.25) is 0 Å². The van der Waals surface area contributed by atoms with Crippen LogP contribution >= 0.6 is 0 Å². The van der Waals surface area contributed by atoms with E-state index < -0.39 is 4.92 Å². The first kappa shape index (κ1) is 12.0. The highest BCUT2D eigenvalue weighted by molar-refractivity contribution is 5.55. The summed E-state index contributed by atoms with van der Waals surface area (Å²) >= 11 is 0. The van der Waals surface area contributed by atoms with Gasteiger partial charge in [0.1, 0.15) is 0 Å². The average Bonchev–Trinajstić information content (AvgIpc) is 2.38. The monoisotopic (exact) mass is 244 g/mol. The molecular weight excluding hydrogens is 232 g/mol. The number of carbonyl (C=O) groups is 1. The Morgan fingerprint density at radius 3 is 2.83 bits per heavy atom. The first-order valence-corrected chi connectivity index (χ1v) is 5.46. The van der Waals surface area contributed by atoms with Crippen molar-refractivity contribution in [2.24, 2.45) is 0 Å². The number of benzene rings is 1. The third-order valence-electron chi connectivity index (χ3n) is 2.86. The summed E-state index contributed by atoms with van der Waals surface area (Å²) in [5.41, 5.74) is 1.72. The molecule has 0 N–H and O–H groups in total. The predicted octanol–water partition coefficient (Wildman–Crippen LogP) is 2.57. The number of hydrogen-bond acceptors (Lipinski definition) is 3. The molecular formula is C13H12N2O3. The van der Waals surface area contributed by atoms with Gasteiger partial charge in [0.05, 0.1) is 4.92 Å². The zero-order valence-corrected chi connectivity index (χ0v) is 9.82. The molecule has 0 bridgehead atoms. The Kier molecular flexibility index (Phi) is 3.23. The molecule has 1 heterocycles. The minimum atomic E-state index is -0.412. The fourth-order valence-corrected chi connectivity index (χ4v) is 1.88. The van der Waals surface area contributed by atoms with E-state index in [1.165, 1.54) is 11.0 Å². The van der Waals surface area contributed by atoms with E-state index in [0.29, 0.717) is 0 Å². The van der Waals surface area contributed by atoms with Gasteiger partial charge in [-0.15, -0.1) is 0 Å². The van der Waals surface area contributed by atoms with Crippen molar-refractivity contribution < 1.29 is 9.72 Å². The molecule has 0 aliphatic carbocycles. The molecule has 92 valence electrons. The first-order chi connectivity index (χ1) is 8.61. The van der Waals surface area contributed by atoms with Crippen LogP contribution in [0.3, 0.4) is 0 Å². The number of non-ortho nitro benzene ring substituents is 1. The molecule has 1 amide bonds. The molecule has 0 saturated heterocycles. The van der Waals surface area contributed by atoms with Crippen LogP contribution in [-0.2, 0) is 4.79 Å². The number of allylic oxidation sites excluding steroid dienone is 3. The van der Waals surface area contributed by atoms with Crippen molar-refractivity contribution in [2.75, 3.05) is 0 Å². The van der Waals surface area contributed by atoms with Crippen molar-refractivity contribution in [2.45, 2.75) is 12.8 Å². The summed E-state index contributed by atoms with van der Waals surface area (Å²) in [7, 11) is 0. The summed E-state index contributed by atoms with van der Waals surface area (Å²) in [5, 5.41) is 10.7. The van der Waals surface area contributed by atoms with Gasteiger partial charge in [-0.05, 0) is 12.5 Å². The number of amides is 1. The van der Waals surface area contributed by atoms with Crippen LogP contribution in [0.5, 0.6) is 0 Å².